The first-order chi connectivity index (χ1) is 16.5. The maximum absolute atomic E-state index is 12.7. The number of rotatable bonds is 8. The summed E-state index contributed by atoms with van der Waals surface area (Å²) in [5, 5.41) is 16.8. The van der Waals surface area contributed by atoms with Gasteiger partial charge in [0, 0.05) is 17.7 Å². The summed E-state index contributed by atoms with van der Waals surface area (Å²) in [5.74, 6) is 0.614. The van der Waals surface area contributed by atoms with Crippen molar-refractivity contribution in [2.24, 2.45) is 5.10 Å². The molecule has 0 saturated heterocycles. The van der Waals surface area contributed by atoms with Gasteiger partial charge in [0.25, 0.3) is 11.6 Å². The molecule has 0 bridgehead atoms. The summed E-state index contributed by atoms with van der Waals surface area (Å²) in [7, 11) is 1.52. The van der Waals surface area contributed by atoms with E-state index in [1.54, 1.807) is 30.3 Å². The molecule has 0 aliphatic rings. The summed E-state index contributed by atoms with van der Waals surface area (Å²) in [6.45, 7) is 0.226. The van der Waals surface area contributed by atoms with Crippen molar-refractivity contribution in [3.05, 3.63) is 112 Å². The molecule has 0 spiro atoms. The molecule has 0 heterocycles. The van der Waals surface area contributed by atoms with Crippen LogP contribution in [-0.2, 0) is 6.61 Å². The smallest absolute Gasteiger partial charge is 0.275 e. The molecule has 4 aromatic carbocycles. The molecule has 4 rings (SSSR count). The van der Waals surface area contributed by atoms with E-state index < -0.39 is 10.8 Å². The predicted octanol–water partition coefficient (Wildman–Crippen LogP) is 5.10. The van der Waals surface area contributed by atoms with E-state index in [1.807, 2.05) is 42.5 Å². The first kappa shape index (κ1) is 22.5. The number of nitrogens with one attached hydrogen (secondary N) is 1. The van der Waals surface area contributed by atoms with Crippen molar-refractivity contribution in [1.29, 1.82) is 0 Å². The Labute approximate surface area is 195 Å². The van der Waals surface area contributed by atoms with Crippen LogP contribution in [0.1, 0.15) is 21.5 Å². The van der Waals surface area contributed by atoms with Crippen LogP contribution >= 0.6 is 0 Å². The van der Waals surface area contributed by atoms with Gasteiger partial charge in [-0.05, 0) is 52.7 Å². The quantitative estimate of drug-likeness (QED) is 0.226. The Balaban J connectivity index is 1.45. The molecule has 0 fully saturated rings. The highest BCUT2D eigenvalue weighted by molar-refractivity contribution is 6.02. The van der Waals surface area contributed by atoms with Gasteiger partial charge in [-0.3, -0.25) is 14.9 Å². The maximum Gasteiger partial charge on any atom is 0.275 e. The van der Waals surface area contributed by atoms with Crippen LogP contribution in [0, 0.1) is 10.1 Å². The van der Waals surface area contributed by atoms with E-state index in [9.17, 15) is 14.9 Å². The zero-order chi connectivity index (χ0) is 23.9. The zero-order valence-corrected chi connectivity index (χ0v) is 18.3. The van der Waals surface area contributed by atoms with E-state index in [0.29, 0.717) is 22.6 Å². The lowest BCUT2D eigenvalue weighted by Crippen LogP contribution is -2.18. The molecule has 0 aliphatic heterocycles. The average Bonchev–Trinajstić information content (AvgIpc) is 2.87. The molecule has 1 amide bonds. The molecule has 0 aliphatic carbocycles. The van der Waals surface area contributed by atoms with Crippen LogP contribution in [0.4, 0.5) is 5.69 Å². The van der Waals surface area contributed by atoms with Gasteiger partial charge in [-0.25, -0.2) is 5.43 Å². The summed E-state index contributed by atoms with van der Waals surface area (Å²) >= 11 is 0. The zero-order valence-electron chi connectivity index (χ0n) is 18.3. The summed E-state index contributed by atoms with van der Waals surface area (Å²) in [6, 6.07) is 24.7. The number of nitro groups is 1. The number of non-ortho nitro benzene ring substituents is 1. The van der Waals surface area contributed by atoms with Crippen LogP contribution in [0.5, 0.6) is 11.5 Å². The van der Waals surface area contributed by atoms with Gasteiger partial charge in [0.2, 0.25) is 0 Å². The van der Waals surface area contributed by atoms with Crippen LogP contribution in [0.15, 0.2) is 90.0 Å². The number of nitrogens with zero attached hydrogens (tertiary/aromatic N) is 2. The Morgan fingerprint density at radius 2 is 1.65 bits per heavy atom. The normalized spacial score (nSPS) is 10.9. The van der Waals surface area contributed by atoms with E-state index in [0.717, 1.165) is 16.3 Å². The van der Waals surface area contributed by atoms with E-state index in [2.05, 4.69) is 10.5 Å². The van der Waals surface area contributed by atoms with E-state index in [1.165, 1.54) is 25.5 Å². The molecule has 170 valence electrons. The third-order valence-corrected chi connectivity index (χ3v) is 5.14. The molecular formula is C26H21N3O5. The molecule has 0 saturated carbocycles. The summed E-state index contributed by atoms with van der Waals surface area (Å²) in [6.07, 6.45) is 1.50. The number of benzene rings is 4. The van der Waals surface area contributed by atoms with Gasteiger partial charge in [0.1, 0.15) is 18.1 Å². The molecule has 8 heteroatoms. The lowest BCUT2D eigenvalue weighted by molar-refractivity contribution is -0.384. The lowest BCUT2D eigenvalue weighted by Gasteiger charge is -2.10. The van der Waals surface area contributed by atoms with Gasteiger partial charge in [0.15, 0.2) is 0 Å². The number of ether oxygens (including phenoxy) is 2. The number of amides is 1. The number of carbonyl (C=O) groups is 1. The van der Waals surface area contributed by atoms with Crippen LogP contribution in [-0.4, -0.2) is 24.2 Å². The largest absolute Gasteiger partial charge is 0.496 e. The first-order valence-corrected chi connectivity index (χ1v) is 10.4. The number of carbonyl (C=O) groups excluding carboxylic acids is 1. The highest BCUT2D eigenvalue weighted by Gasteiger charge is 2.13. The van der Waals surface area contributed by atoms with Crippen molar-refractivity contribution in [3.63, 3.8) is 0 Å². The fourth-order valence-electron chi connectivity index (χ4n) is 3.38. The minimum Gasteiger partial charge on any atom is -0.496 e. The molecular weight excluding hydrogens is 434 g/mol. The van der Waals surface area contributed by atoms with Crippen molar-refractivity contribution in [2.75, 3.05) is 7.11 Å². The number of nitro benzene ring substituents is 1. The third-order valence-electron chi connectivity index (χ3n) is 5.14. The molecule has 0 radical (unpaired) electrons. The second-order valence-corrected chi connectivity index (χ2v) is 7.35. The fourth-order valence-corrected chi connectivity index (χ4v) is 3.38. The van der Waals surface area contributed by atoms with Crippen molar-refractivity contribution in [3.8, 4) is 11.5 Å². The minimum absolute atomic E-state index is 0.0232. The summed E-state index contributed by atoms with van der Waals surface area (Å²) in [5.41, 5.74) is 4.38. The monoisotopic (exact) mass is 455 g/mol. The minimum atomic E-state index is -0.446. The Kier molecular flexibility index (Phi) is 6.78. The predicted molar refractivity (Wildman–Crippen MR) is 129 cm³/mol. The third kappa shape index (κ3) is 5.18. The molecule has 8 nitrogen and oxygen atoms in total. The van der Waals surface area contributed by atoms with Gasteiger partial charge < -0.3 is 9.47 Å². The van der Waals surface area contributed by atoms with Crippen LogP contribution in [0.2, 0.25) is 0 Å². The fraction of sp³-hybridized carbons (Fsp3) is 0.0769. The molecule has 0 atom stereocenters. The molecule has 1 N–H and O–H groups in total. The van der Waals surface area contributed by atoms with E-state index in [4.69, 9.17) is 9.47 Å². The maximum atomic E-state index is 12.7. The molecule has 4 aromatic rings. The van der Waals surface area contributed by atoms with E-state index >= 15 is 0 Å². The first-order valence-electron chi connectivity index (χ1n) is 10.4. The lowest BCUT2D eigenvalue weighted by atomic mass is 10.1. The van der Waals surface area contributed by atoms with Crippen molar-refractivity contribution in [2.45, 2.75) is 6.61 Å². The van der Waals surface area contributed by atoms with Crippen LogP contribution in [0.25, 0.3) is 10.8 Å². The van der Waals surface area contributed by atoms with E-state index in [-0.39, 0.29) is 12.3 Å². The van der Waals surface area contributed by atoms with Crippen molar-refractivity contribution >= 4 is 28.6 Å². The number of hydrogen-bond acceptors (Lipinski definition) is 6. The summed E-state index contributed by atoms with van der Waals surface area (Å²) in [4.78, 5) is 23.1. The van der Waals surface area contributed by atoms with Crippen molar-refractivity contribution < 1.29 is 19.2 Å². The highest BCUT2D eigenvalue weighted by Crippen LogP contribution is 2.26. The van der Waals surface area contributed by atoms with Gasteiger partial charge in [-0.1, -0.05) is 36.4 Å². The van der Waals surface area contributed by atoms with Crippen LogP contribution < -0.4 is 14.9 Å². The van der Waals surface area contributed by atoms with Gasteiger partial charge >= 0.3 is 0 Å². The van der Waals surface area contributed by atoms with Gasteiger partial charge in [-0.15, -0.1) is 0 Å². The second kappa shape index (κ2) is 10.3. The summed E-state index contributed by atoms with van der Waals surface area (Å²) < 4.78 is 11.2. The second-order valence-electron chi connectivity index (χ2n) is 7.35. The van der Waals surface area contributed by atoms with Crippen LogP contribution in [0.3, 0.4) is 0 Å². The average molecular weight is 455 g/mol. The number of para-hydroxylation sites is 1. The molecule has 0 unspecified atom stereocenters. The van der Waals surface area contributed by atoms with Gasteiger partial charge in [-0.2, -0.15) is 5.10 Å². The standard InChI is InChI=1S/C26H21N3O5/c1-33-25-15-20-7-3-2-6-19(20)14-23(25)26(30)28-27-16-21-8-4-5-9-24(21)34-17-18-10-12-22(13-11-18)29(31)32/h2-16H,17H2,1H3,(H,28,30)/b27-16-. The number of hydrogen-bond donors (Lipinski definition) is 1. The Bertz CT molecular complexity index is 1370. The number of methoxy groups -OCH3 is 1. The van der Waals surface area contributed by atoms with Crippen molar-refractivity contribution in [1.82, 2.24) is 5.43 Å². The number of hydrazone groups is 1. The molecule has 34 heavy (non-hydrogen) atoms. The molecule has 0 aromatic heterocycles. The Hall–Kier alpha value is -4.72. The SMILES string of the molecule is COc1cc2ccccc2cc1C(=O)N/N=C\c1ccccc1OCc1ccc([N+](=O)[O-])cc1. The highest BCUT2D eigenvalue weighted by atomic mass is 16.6. The number of fused-ring (bicyclic) bond motifs is 1. The topological polar surface area (TPSA) is 103 Å². The van der Waals surface area contributed by atoms with Gasteiger partial charge in [0.05, 0.1) is 23.8 Å². The Morgan fingerprint density at radius 1 is 0.971 bits per heavy atom. The Morgan fingerprint density at radius 3 is 2.35 bits per heavy atom.